The fourth-order valence-electron chi connectivity index (χ4n) is 1.31. The van der Waals surface area contributed by atoms with Crippen molar-refractivity contribution in [1.82, 2.24) is 0 Å². The second-order valence-electron chi connectivity index (χ2n) is 3.38. The van der Waals surface area contributed by atoms with E-state index in [9.17, 15) is 14.7 Å². The summed E-state index contributed by atoms with van der Waals surface area (Å²) in [5, 5.41) is 18.0. The highest BCUT2D eigenvalue weighted by molar-refractivity contribution is 7.80. The number of thiol groups is 1. The number of ketones is 1. The van der Waals surface area contributed by atoms with Crippen molar-refractivity contribution < 1.29 is 19.8 Å². The van der Waals surface area contributed by atoms with Gasteiger partial charge in [-0.05, 0) is 6.07 Å². The first kappa shape index (κ1) is 14.0. The molecule has 6 heteroatoms. The molecule has 1 atom stereocenters. The molecule has 0 aliphatic rings. The Kier molecular flexibility index (Phi) is 4.99. The monoisotopic (exact) mass is 274 g/mol. The first-order valence-electron chi connectivity index (χ1n) is 4.80. The third-order valence-corrected chi connectivity index (χ3v) is 2.78. The second-order valence-corrected chi connectivity index (χ2v) is 4.24. The number of alkyl halides is 1. The Balaban J connectivity index is 3.01. The lowest BCUT2D eigenvalue weighted by molar-refractivity contribution is -0.147. The zero-order valence-electron chi connectivity index (χ0n) is 8.76. The van der Waals surface area contributed by atoms with Gasteiger partial charge in [-0.3, -0.25) is 4.79 Å². The Morgan fingerprint density at radius 2 is 2.06 bits per heavy atom. The Hall–Kier alpha value is -1.04. The normalized spacial score (nSPS) is 12.2. The molecular weight excluding hydrogens is 264 g/mol. The molecule has 0 aromatic heterocycles. The molecule has 4 nitrogen and oxygen atoms in total. The average Bonchev–Trinajstić information content (AvgIpc) is 2.28. The molecule has 2 N–H and O–H groups in total. The molecule has 0 saturated carbocycles. The van der Waals surface area contributed by atoms with Crippen LogP contribution in [0.1, 0.15) is 28.4 Å². The minimum absolute atomic E-state index is 0.147. The lowest BCUT2D eigenvalue weighted by Crippen LogP contribution is -2.11. The van der Waals surface area contributed by atoms with Gasteiger partial charge in [-0.1, -0.05) is 12.1 Å². The molecule has 1 rings (SSSR count). The highest BCUT2D eigenvalue weighted by Gasteiger charge is 2.19. The van der Waals surface area contributed by atoms with Gasteiger partial charge in [0.25, 0.3) is 0 Å². The zero-order valence-corrected chi connectivity index (χ0v) is 10.4. The third-order valence-electron chi connectivity index (χ3n) is 2.20. The molecule has 0 radical (unpaired) electrons. The molecule has 1 aromatic carbocycles. The van der Waals surface area contributed by atoms with Gasteiger partial charge in [0.05, 0.1) is 0 Å². The number of Topliss-reactive ketones (excluding diaryl/α,β-unsaturated/α-hetero) is 1. The lowest BCUT2D eigenvalue weighted by atomic mass is 10.0. The molecule has 1 aromatic rings. The Morgan fingerprint density at radius 3 is 2.53 bits per heavy atom. The number of aliphatic carboxylic acids is 1. The van der Waals surface area contributed by atoms with Crippen molar-refractivity contribution in [3.8, 4) is 0 Å². The van der Waals surface area contributed by atoms with E-state index in [0.29, 0.717) is 5.56 Å². The van der Waals surface area contributed by atoms with Crippen LogP contribution in [0, 0.1) is 0 Å². The van der Waals surface area contributed by atoms with E-state index in [-0.39, 0.29) is 28.5 Å². The van der Waals surface area contributed by atoms with Crippen molar-refractivity contribution in [3.63, 3.8) is 0 Å². The van der Waals surface area contributed by atoms with Crippen LogP contribution >= 0.6 is 24.2 Å². The van der Waals surface area contributed by atoms with Gasteiger partial charge in [-0.2, -0.15) is 0 Å². The summed E-state index contributed by atoms with van der Waals surface area (Å²) in [5.74, 6) is -1.29. The Labute approximate surface area is 109 Å². The van der Waals surface area contributed by atoms with Crippen LogP contribution in [0.4, 0.5) is 0 Å². The Morgan fingerprint density at radius 1 is 1.41 bits per heavy atom. The summed E-state index contributed by atoms with van der Waals surface area (Å²) in [7, 11) is 0. The predicted octanol–water partition coefficient (Wildman–Crippen LogP) is 1.90. The molecule has 1 unspecified atom stereocenters. The summed E-state index contributed by atoms with van der Waals surface area (Å²) in [6, 6.07) is 4.26. The van der Waals surface area contributed by atoms with Crippen LogP contribution in [-0.2, 0) is 4.79 Å². The van der Waals surface area contributed by atoms with E-state index >= 15 is 0 Å². The number of rotatable bonds is 5. The number of carboxylic acid groups (broad SMARTS) is 1. The quantitative estimate of drug-likeness (QED) is 0.436. The minimum Gasteiger partial charge on any atom is -0.479 e. The van der Waals surface area contributed by atoms with E-state index in [2.05, 4.69) is 12.6 Å². The highest BCUT2D eigenvalue weighted by atomic mass is 35.5. The van der Waals surface area contributed by atoms with Crippen LogP contribution in [0.3, 0.4) is 0 Å². The largest absolute Gasteiger partial charge is 0.479 e. The molecule has 0 aliphatic carbocycles. The summed E-state index contributed by atoms with van der Waals surface area (Å²) < 4.78 is 0. The number of carbonyl (C=O) groups excluding carboxylic acids is 1. The molecule has 0 aliphatic heterocycles. The first-order valence-corrected chi connectivity index (χ1v) is 5.78. The molecule has 17 heavy (non-hydrogen) atoms. The zero-order chi connectivity index (χ0) is 13.0. The number of aliphatic hydroxyl groups excluding tert-OH is 1. The molecule has 0 bridgehead atoms. The van der Waals surface area contributed by atoms with Crippen molar-refractivity contribution in [2.24, 2.45) is 0 Å². The number of aliphatic hydroxyl groups is 1. The maximum atomic E-state index is 11.5. The molecule has 0 heterocycles. The molecule has 0 fully saturated rings. The maximum Gasteiger partial charge on any atom is 0.337 e. The van der Waals surface area contributed by atoms with E-state index in [1.54, 1.807) is 0 Å². The van der Waals surface area contributed by atoms with E-state index in [4.69, 9.17) is 16.7 Å². The second kappa shape index (κ2) is 6.05. The van der Waals surface area contributed by atoms with E-state index in [1.165, 1.54) is 18.2 Å². The smallest absolute Gasteiger partial charge is 0.337 e. The van der Waals surface area contributed by atoms with Crippen LogP contribution in [0.5, 0.6) is 0 Å². The van der Waals surface area contributed by atoms with Gasteiger partial charge in [0.15, 0.2) is 11.9 Å². The number of carbonyl (C=O) groups is 2. The highest BCUT2D eigenvalue weighted by Crippen LogP contribution is 2.23. The van der Waals surface area contributed by atoms with Crippen molar-refractivity contribution in [3.05, 3.63) is 29.3 Å². The van der Waals surface area contributed by atoms with Gasteiger partial charge in [0, 0.05) is 28.3 Å². The van der Waals surface area contributed by atoms with Crippen molar-refractivity contribution in [2.45, 2.75) is 17.4 Å². The Bertz CT molecular complexity index is 447. The standard InChI is InChI=1S/C11H11ClO4S/c12-4-3-8(13)6-1-2-7(9(17)5-6)10(14)11(15)16/h1-2,5,10,14,17H,3-4H2,(H,15,16). The fraction of sp³-hybridized carbons (Fsp3) is 0.273. The van der Waals surface area contributed by atoms with E-state index in [0.717, 1.165) is 0 Å². The van der Waals surface area contributed by atoms with Gasteiger partial charge < -0.3 is 10.2 Å². The number of hydrogen-bond acceptors (Lipinski definition) is 4. The van der Waals surface area contributed by atoms with Crippen molar-refractivity contribution in [1.29, 1.82) is 0 Å². The third kappa shape index (κ3) is 3.46. The lowest BCUT2D eigenvalue weighted by Gasteiger charge is -2.10. The number of halogens is 1. The molecule has 0 spiro atoms. The van der Waals surface area contributed by atoms with E-state index < -0.39 is 12.1 Å². The maximum absolute atomic E-state index is 11.5. The van der Waals surface area contributed by atoms with E-state index in [1.807, 2.05) is 0 Å². The van der Waals surface area contributed by atoms with Crippen LogP contribution < -0.4 is 0 Å². The van der Waals surface area contributed by atoms with Crippen molar-refractivity contribution in [2.75, 3.05) is 5.88 Å². The topological polar surface area (TPSA) is 74.6 Å². The molecule has 0 amide bonds. The van der Waals surface area contributed by atoms with Crippen LogP contribution in [0.15, 0.2) is 23.1 Å². The van der Waals surface area contributed by atoms with Gasteiger partial charge >= 0.3 is 5.97 Å². The number of hydrogen-bond donors (Lipinski definition) is 3. The molecular formula is C11H11ClO4S. The number of carboxylic acids is 1. The summed E-state index contributed by atoms with van der Waals surface area (Å²) in [4.78, 5) is 22.4. The van der Waals surface area contributed by atoms with Gasteiger partial charge in [-0.15, -0.1) is 24.2 Å². The van der Waals surface area contributed by atoms with Gasteiger partial charge in [0.1, 0.15) is 0 Å². The summed E-state index contributed by atoms with van der Waals surface area (Å²) in [6.07, 6.45) is -1.44. The summed E-state index contributed by atoms with van der Waals surface area (Å²) >= 11 is 9.51. The van der Waals surface area contributed by atoms with Crippen LogP contribution in [-0.4, -0.2) is 27.8 Å². The van der Waals surface area contributed by atoms with Crippen molar-refractivity contribution >= 4 is 36.0 Å². The van der Waals surface area contributed by atoms with Gasteiger partial charge in [-0.25, -0.2) is 4.79 Å². The molecule has 92 valence electrons. The van der Waals surface area contributed by atoms with Crippen LogP contribution in [0.25, 0.3) is 0 Å². The minimum atomic E-state index is -1.64. The van der Waals surface area contributed by atoms with Gasteiger partial charge in [0.2, 0.25) is 0 Å². The number of benzene rings is 1. The summed E-state index contributed by atoms with van der Waals surface area (Å²) in [5.41, 5.74) is 0.556. The summed E-state index contributed by atoms with van der Waals surface area (Å²) in [6.45, 7) is 0. The SMILES string of the molecule is O=C(CCCl)c1ccc(C(O)C(=O)O)c(S)c1. The average molecular weight is 275 g/mol. The fourth-order valence-corrected chi connectivity index (χ4v) is 1.82. The predicted molar refractivity (Wildman–Crippen MR) is 66.0 cm³/mol. The van der Waals surface area contributed by atoms with Crippen LogP contribution in [0.2, 0.25) is 0 Å². The first-order chi connectivity index (χ1) is 7.97. The molecule has 0 saturated heterocycles.